The van der Waals surface area contributed by atoms with E-state index in [4.69, 9.17) is 33.2 Å². The molecule has 0 bridgehead atoms. The van der Waals surface area contributed by atoms with Crippen LogP contribution in [0.15, 0.2) is 83.6 Å². The second-order valence-electron chi connectivity index (χ2n) is 14.0. The number of quaternary nitrogens is 1. The maximum atomic E-state index is 11.9. The number of carboxylic acids is 1. The first-order valence-corrected chi connectivity index (χ1v) is 17.9. The van der Waals surface area contributed by atoms with Crippen LogP contribution in [0.3, 0.4) is 0 Å². The van der Waals surface area contributed by atoms with Crippen molar-refractivity contribution in [3.05, 3.63) is 101 Å². The van der Waals surface area contributed by atoms with Crippen LogP contribution in [-0.2, 0) is 32.0 Å². The van der Waals surface area contributed by atoms with Gasteiger partial charge in [0.1, 0.15) is 79.7 Å². The highest BCUT2D eigenvalue weighted by Crippen LogP contribution is 2.59. The highest BCUT2D eigenvalue weighted by molar-refractivity contribution is 6.06. The van der Waals surface area contributed by atoms with Crippen molar-refractivity contribution in [2.75, 3.05) is 27.4 Å². The van der Waals surface area contributed by atoms with Crippen molar-refractivity contribution in [2.45, 2.75) is 68.2 Å². The smallest absolute Gasteiger partial charge is 0.311 e. The molecule has 0 saturated carbocycles. The summed E-state index contributed by atoms with van der Waals surface area (Å²) in [5.74, 6) is -0.714. The van der Waals surface area contributed by atoms with E-state index in [0.717, 1.165) is 38.4 Å². The molecule has 5 heterocycles. The standard InChI is InChI=1S/C40H40N2O13/c1-49-26-9-8-24-33-27(12-20-6-4-3-5-7-20)53-28-14-23(52-40-36(48)35(47)34(46)29(54-40)19-51-31(45)15-30(43)44)13-22(17-42-16-21-10-11-41-25(21)18-42)32(28)39(33)55-37(24)38(26)50-2/h3-11,13-14,16,27,29,33-36,39-40,46-48H,12,15,17-19H2,1-2H3,(H,43,44)/t27-,29-,33-,34-,35+,36-,39-,40+/m1/s1. The quantitative estimate of drug-likeness (QED) is 0.143. The number of hydrogen-bond donors (Lipinski definition) is 4. The topological polar surface area (TPSA) is 199 Å². The molecule has 1 fully saturated rings. The number of esters is 1. The summed E-state index contributed by atoms with van der Waals surface area (Å²) in [5.41, 5.74) is 5.62. The summed E-state index contributed by atoms with van der Waals surface area (Å²) < 4.78 is 42.2. The van der Waals surface area contributed by atoms with Crippen LogP contribution < -0.4 is 33.7 Å². The van der Waals surface area contributed by atoms with E-state index in [0.29, 0.717) is 42.5 Å². The summed E-state index contributed by atoms with van der Waals surface area (Å²) in [6.07, 6.45) is -3.55. The van der Waals surface area contributed by atoms with E-state index in [2.05, 4.69) is 11.2 Å². The summed E-state index contributed by atoms with van der Waals surface area (Å²) in [6, 6.07) is 17.3. The fraction of sp³-hybridized carbons (Fsp3) is 0.375. The fourth-order valence-corrected chi connectivity index (χ4v) is 7.97. The van der Waals surface area contributed by atoms with E-state index in [1.165, 1.54) is 0 Å². The van der Waals surface area contributed by atoms with Gasteiger partial charge in [0.2, 0.25) is 12.0 Å². The highest BCUT2D eigenvalue weighted by Gasteiger charge is 2.50. The Morgan fingerprint density at radius 2 is 1.80 bits per heavy atom. The largest absolute Gasteiger partial charge is 0.550 e. The van der Waals surface area contributed by atoms with E-state index in [-0.39, 0.29) is 11.7 Å². The number of nitrogens with zero attached hydrogens (tertiary/aromatic N) is 1. The van der Waals surface area contributed by atoms with Crippen LogP contribution in [0.25, 0.3) is 0 Å². The minimum atomic E-state index is -1.75. The molecule has 288 valence electrons. The molecular weight excluding hydrogens is 716 g/mol. The number of hydrogen-bond acceptors (Lipinski definition) is 14. The van der Waals surface area contributed by atoms with E-state index in [1.807, 2.05) is 48.5 Å². The van der Waals surface area contributed by atoms with E-state index in [9.17, 15) is 30.0 Å². The van der Waals surface area contributed by atoms with Crippen LogP contribution in [0.2, 0.25) is 0 Å². The molecule has 0 aliphatic carbocycles. The van der Waals surface area contributed by atoms with E-state index in [1.54, 1.807) is 32.6 Å². The third-order valence-corrected chi connectivity index (χ3v) is 10.5. The molecule has 1 unspecified atom stereocenters. The molecule has 1 saturated heterocycles. The number of nitrogens with one attached hydrogen (secondary N) is 1. The fourth-order valence-electron chi connectivity index (χ4n) is 7.97. The van der Waals surface area contributed by atoms with Crippen molar-refractivity contribution >= 4 is 17.7 Å². The Morgan fingerprint density at radius 1 is 0.982 bits per heavy atom. The average molecular weight is 757 g/mol. The minimum Gasteiger partial charge on any atom is -0.550 e. The molecule has 0 spiro atoms. The lowest BCUT2D eigenvalue weighted by molar-refractivity contribution is -0.848. The summed E-state index contributed by atoms with van der Waals surface area (Å²) >= 11 is 0. The Kier molecular flexibility index (Phi) is 9.96. The van der Waals surface area contributed by atoms with Crippen LogP contribution in [0, 0.1) is 0 Å². The Morgan fingerprint density at radius 3 is 2.55 bits per heavy atom. The maximum absolute atomic E-state index is 11.9. The van der Waals surface area contributed by atoms with E-state index >= 15 is 0 Å². The van der Waals surface area contributed by atoms with Gasteiger partial charge in [0.15, 0.2) is 11.5 Å². The molecule has 0 radical (unpaired) electrons. The second-order valence-corrected chi connectivity index (χ2v) is 14.0. The van der Waals surface area contributed by atoms with Gasteiger partial charge in [-0.25, -0.2) is 0 Å². The first-order chi connectivity index (χ1) is 26.6. The number of carbonyl (C=O) groups excluding carboxylic acids is 2. The van der Waals surface area contributed by atoms with Crippen molar-refractivity contribution in [3.8, 4) is 28.7 Å². The van der Waals surface area contributed by atoms with Gasteiger partial charge in [-0.2, -0.15) is 0 Å². The molecule has 4 N–H and O–H groups in total. The molecular formula is C40H40N2O13. The normalized spacial score (nSPS) is 28.3. The molecule has 5 aliphatic rings. The molecule has 15 heteroatoms. The Labute approximate surface area is 315 Å². The van der Waals surface area contributed by atoms with Gasteiger partial charge in [0, 0.05) is 35.4 Å². The van der Waals surface area contributed by atoms with Gasteiger partial charge >= 0.3 is 5.97 Å². The maximum Gasteiger partial charge on any atom is 0.311 e. The van der Waals surface area contributed by atoms with Crippen molar-refractivity contribution in [1.29, 1.82) is 0 Å². The number of methoxy groups -OCH3 is 2. The number of fused-ring (bicyclic) bond motifs is 6. The molecule has 3 aromatic rings. The SMILES string of the molecule is COc1ccc2c(c1OC)O[C@@H]1c3c(C[NH+]4C=C5C=CN=C5C4)cc(O[C@H]4O[C@H](COC(=O)CC(=O)[O-])[C@@H](O)[C@H](O)[C@H]4O)cc3O[C@H](Cc3ccccc3)[C@@H]21. The number of ether oxygens (including phenoxy) is 7. The summed E-state index contributed by atoms with van der Waals surface area (Å²) in [6.45, 7) is 0.502. The third-order valence-electron chi connectivity index (χ3n) is 10.5. The Bertz CT molecular complexity index is 2070. The zero-order valence-corrected chi connectivity index (χ0v) is 30.0. The van der Waals surface area contributed by atoms with Crippen LogP contribution >= 0.6 is 0 Å². The summed E-state index contributed by atoms with van der Waals surface area (Å²) in [7, 11) is 3.14. The number of aliphatic hydroxyl groups is 3. The van der Waals surface area contributed by atoms with Crippen molar-refractivity contribution < 1.29 is 68.1 Å². The molecule has 0 amide bonds. The lowest BCUT2D eigenvalue weighted by Gasteiger charge is -2.40. The molecule has 9 atom stereocenters. The zero-order valence-electron chi connectivity index (χ0n) is 30.0. The molecule has 15 nitrogen and oxygen atoms in total. The van der Waals surface area contributed by atoms with Crippen LogP contribution in [0.1, 0.15) is 40.7 Å². The number of carbonyl (C=O) groups is 2. The average Bonchev–Trinajstić information content (AvgIpc) is 3.88. The Balaban J connectivity index is 1.17. The van der Waals surface area contributed by atoms with Gasteiger partial charge in [-0.05, 0) is 23.8 Å². The van der Waals surface area contributed by atoms with Crippen LogP contribution in [0.5, 0.6) is 28.7 Å². The molecule has 3 aromatic carbocycles. The van der Waals surface area contributed by atoms with Crippen molar-refractivity contribution in [3.63, 3.8) is 0 Å². The van der Waals surface area contributed by atoms with Gasteiger partial charge in [-0.1, -0.05) is 36.4 Å². The Hall–Kier alpha value is -5.45. The monoisotopic (exact) mass is 756 g/mol. The highest BCUT2D eigenvalue weighted by atomic mass is 16.7. The predicted molar refractivity (Wildman–Crippen MR) is 189 cm³/mol. The first kappa shape index (κ1) is 36.5. The lowest BCUT2D eigenvalue weighted by Crippen LogP contribution is -3.05. The number of aliphatic hydroxyl groups excluding tert-OH is 3. The van der Waals surface area contributed by atoms with Crippen LogP contribution in [0.4, 0.5) is 0 Å². The number of rotatable bonds is 12. The lowest BCUT2D eigenvalue weighted by atomic mass is 9.80. The second kappa shape index (κ2) is 15.0. The van der Waals surface area contributed by atoms with Crippen LogP contribution in [-0.4, -0.2) is 97.2 Å². The molecule has 5 aliphatic heterocycles. The van der Waals surface area contributed by atoms with Gasteiger partial charge < -0.3 is 58.4 Å². The molecule has 8 rings (SSSR count). The van der Waals surface area contributed by atoms with Crippen molar-refractivity contribution in [2.24, 2.45) is 4.99 Å². The summed E-state index contributed by atoms with van der Waals surface area (Å²) in [4.78, 5) is 28.3. The van der Waals surface area contributed by atoms with Gasteiger partial charge in [0.25, 0.3) is 0 Å². The minimum absolute atomic E-state index is 0.226. The number of carboxylic acid groups (broad SMARTS) is 1. The number of allylic oxidation sites excluding steroid dienone is 1. The predicted octanol–water partition coefficient (Wildman–Crippen LogP) is 0.0451. The van der Waals surface area contributed by atoms with Crippen molar-refractivity contribution in [1.82, 2.24) is 0 Å². The molecule has 55 heavy (non-hydrogen) atoms. The number of aliphatic carboxylic acids is 1. The number of aliphatic imine (C=N–C) groups is 1. The van der Waals surface area contributed by atoms with E-state index < -0.39 is 67.9 Å². The van der Waals surface area contributed by atoms with Gasteiger partial charge in [-0.3, -0.25) is 14.7 Å². The number of benzene rings is 3. The zero-order chi connectivity index (χ0) is 38.4. The van der Waals surface area contributed by atoms with Gasteiger partial charge in [-0.15, -0.1) is 0 Å². The summed E-state index contributed by atoms with van der Waals surface area (Å²) in [5, 5.41) is 43.2. The van der Waals surface area contributed by atoms with Gasteiger partial charge in [0.05, 0.1) is 38.1 Å². The molecule has 0 aromatic heterocycles. The third kappa shape index (κ3) is 7.00. The first-order valence-electron chi connectivity index (χ1n) is 17.9.